The zero-order chi connectivity index (χ0) is 28.8. The van der Waals surface area contributed by atoms with E-state index in [0.29, 0.717) is 23.1 Å². The van der Waals surface area contributed by atoms with Gasteiger partial charge in [-0.1, -0.05) is 6.07 Å². The molecule has 5 aromatic rings. The Balaban J connectivity index is 1.10. The molecule has 42 heavy (non-hydrogen) atoms. The molecule has 4 atom stereocenters. The van der Waals surface area contributed by atoms with E-state index in [4.69, 9.17) is 9.72 Å². The topological polar surface area (TPSA) is 144 Å². The summed E-state index contributed by atoms with van der Waals surface area (Å²) in [5.74, 6) is 1.33. The summed E-state index contributed by atoms with van der Waals surface area (Å²) in [5, 5.41) is 28.7. The second-order valence-electron chi connectivity index (χ2n) is 10.9. The summed E-state index contributed by atoms with van der Waals surface area (Å²) in [6.07, 6.45) is 10.5. The molecule has 208 valence electrons. The molecule has 0 saturated carbocycles. The number of pyridine rings is 3. The van der Waals surface area contributed by atoms with Gasteiger partial charge in [-0.15, -0.1) is 0 Å². The number of hydrogen-bond donors (Lipinski definition) is 2. The van der Waals surface area contributed by atoms with Crippen LogP contribution in [-0.2, 0) is 13.5 Å². The summed E-state index contributed by atoms with van der Waals surface area (Å²) in [6, 6.07) is 15.3. The first-order chi connectivity index (χ1) is 20.5. The lowest BCUT2D eigenvalue weighted by molar-refractivity contribution is 0.178. The Morgan fingerprint density at radius 2 is 1.95 bits per heavy atom. The summed E-state index contributed by atoms with van der Waals surface area (Å²) in [6.45, 7) is 0.821. The van der Waals surface area contributed by atoms with Gasteiger partial charge >= 0.3 is 0 Å². The summed E-state index contributed by atoms with van der Waals surface area (Å²) in [4.78, 5) is 19.2. The normalized spacial score (nSPS) is 21.3. The van der Waals surface area contributed by atoms with E-state index in [0.717, 1.165) is 58.5 Å². The van der Waals surface area contributed by atoms with E-state index in [1.54, 1.807) is 24.2 Å². The van der Waals surface area contributed by atoms with Crippen LogP contribution < -0.4 is 15.0 Å². The van der Waals surface area contributed by atoms with E-state index < -0.39 is 0 Å². The Bertz CT molecular complexity index is 1840. The van der Waals surface area contributed by atoms with Gasteiger partial charge in [0.15, 0.2) is 0 Å². The number of hydrogen-bond acceptors (Lipinski definition) is 9. The highest BCUT2D eigenvalue weighted by molar-refractivity contribution is 5.98. The third-order valence-corrected chi connectivity index (χ3v) is 8.42. The minimum Gasteiger partial charge on any atom is -0.481 e. The Morgan fingerprint density at radius 3 is 2.64 bits per heavy atom. The number of anilines is 1. The van der Waals surface area contributed by atoms with Gasteiger partial charge in [-0.3, -0.25) is 4.68 Å². The van der Waals surface area contributed by atoms with Crippen LogP contribution in [0.25, 0.3) is 33.4 Å². The molecule has 5 aromatic heterocycles. The van der Waals surface area contributed by atoms with E-state index in [-0.39, 0.29) is 18.0 Å². The minimum absolute atomic E-state index is 0.0698. The van der Waals surface area contributed by atoms with Crippen molar-refractivity contribution in [1.29, 1.82) is 10.5 Å². The lowest BCUT2D eigenvalue weighted by atomic mass is 9.77. The molecule has 2 fully saturated rings. The minimum atomic E-state index is -0.124. The fourth-order valence-electron chi connectivity index (χ4n) is 6.22. The van der Waals surface area contributed by atoms with Crippen LogP contribution in [0, 0.1) is 28.6 Å². The zero-order valence-electron chi connectivity index (χ0n) is 23.2. The smallest absolute Gasteiger partial charge is 0.212 e. The van der Waals surface area contributed by atoms with Gasteiger partial charge in [-0.25, -0.2) is 15.0 Å². The molecule has 0 unspecified atom stereocenters. The monoisotopic (exact) mass is 556 g/mol. The van der Waals surface area contributed by atoms with Crippen LogP contribution in [-0.4, -0.2) is 61.5 Å². The third-order valence-electron chi connectivity index (χ3n) is 8.42. The number of ether oxygens (including phenoxy) is 1. The van der Waals surface area contributed by atoms with Gasteiger partial charge in [0.2, 0.25) is 5.88 Å². The van der Waals surface area contributed by atoms with Crippen LogP contribution in [0.3, 0.4) is 0 Å². The molecule has 2 N–H and O–H groups in total. The fourth-order valence-corrected chi connectivity index (χ4v) is 6.22. The fraction of sp³-hybridized carbons (Fsp3) is 0.290. The van der Waals surface area contributed by atoms with Crippen LogP contribution in [0.15, 0.2) is 61.3 Å². The van der Waals surface area contributed by atoms with Crippen LogP contribution in [0.5, 0.6) is 5.88 Å². The van der Waals surface area contributed by atoms with Crippen LogP contribution >= 0.6 is 0 Å². The number of methoxy groups -OCH3 is 1. The van der Waals surface area contributed by atoms with Crippen molar-refractivity contribution in [2.75, 3.05) is 18.6 Å². The largest absolute Gasteiger partial charge is 0.481 e. The molecule has 0 aromatic carbocycles. The molecular formula is C31H28N10O. The second-order valence-corrected chi connectivity index (χ2v) is 10.9. The molecule has 2 aliphatic rings. The number of fused-ring (bicyclic) bond motifs is 2. The molecule has 0 bridgehead atoms. The summed E-state index contributed by atoms with van der Waals surface area (Å²) >= 11 is 0. The molecule has 11 heteroatoms. The highest BCUT2D eigenvalue weighted by Crippen LogP contribution is 2.37. The number of nitrogens with zero attached hydrogens (tertiary/aromatic N) is 8. The number of aromatic amines is 1. The first-order valence-electron chi connectivity index (χ1n) is 13.8. The molecule has 0 amide bonds. The molecule has 2 aliphatic heterocycles. The van der Waals surface area contributed by atoms with Crippen molar-refractivity contribution in [2.24, 2.45) is 13.0 Å². The van der Waals surface area contributed by atoms with Crippen molar-refractivity contribution in [3.05, 3.63) is 72.4 Å². The SMILES string of the molecule is COc1ccc(C[C@@H]2N[C@H]3CN(c4ccc(-c5c(C#N)cnc6[nH]c(-c7cnn(C)c7)cc56)cn4)[C@H]3C[C@@H]2C#N)cn1. The van der Waals surface area contributed by atoms with Crippen molar-refractivity contribution in [1.82, 2.24) is 35.0 Å². The van der Waals surface area contributed by atoms with Crippen molar-refractivity contribution in [3.8, 4) is 40.4 Å². The average Bonchev–Trinajstić information content (AvgIpc) is 3.65. The standard InChI is InChI=1S/C31H28N10O/c1-40-16-22(15-37-40)25-9-23-30(21(11-33)14-36-31(23)39-25)19-4-5-28(34-13-19)41-17-26-27(41)8-20(10-32)24(38-26)7-18-3-6-29(42-2)35-12-18/h3-6,9,12-16,20,24,26-27,38H,7-8,17H2,1-2H3,(H,36,39)/t20-,24+,26+,27+/m1/s1. The summed E-state index contributed by atoms with van der Waals surface area (Å²) < 4.78 is 6.91. The van der Waals surface area contributed by atoms with Gasteiger partial charge in [0.1, 0.15) is 17.5 Å². The van der Waals surface area contributed by atoms with Gasteiger partial charge < -0.3 is 19.9 Å². The van der Waals surface area contributed by atoms with Crippen molar-refractivity contribution in [3.63, 3.8) is 0 Å². The maximum atomic E-state index is 9.98. The van der Waals surface area contributed by atoms with E-state index in [1.165, 1.54) is 0 Å². The molecule has 7 rings (SSSR count). The Kier molecular flexibility index (Phi) is 6.30. The number of aromatic nitrogens is 6. The van der Waals surface area contributed by atoms with Gasteiger partial charge in [0, 0.05) is 84.6 Å². The van der Waals surface area contributed by atoms with E-state index in [2.05, 4.69) is 42.4 Å². The quantitative estimate of drug-likeness (QED) is 0.320. The average molecular weight is 557 g/mol. The predicted molar refractivity (Wildman–Crippen MR) is 156 cm³/mol. The number of piperidine rings is 1. The lowest BCUT2D eigenvalue weighted by Gasteiger charge is -2.55. The molecule has 7 heterocycles. The maximum absolute atomic E-state index is 9.98. The maximum Gasteiger partial charge on any atom is 0.212 e. The molecule has 0 aliphatic carbocycles. The van der Waals surface area contributed by atoms with Crippen molar-refractivity contribution in [2.45, 2.75) is 31.0 Å². The van der Waals surface area contributed by atoms with Crippen LogP contribution in [0.2, 0.25) is 0 Å². The van der Waals surface area contributed by atoms with Crippen LogP contribution in [0.4, 0.5) is 5.82 Å². The van der Waals surface area contributed by atoms with Gasteiger partial charge in [0.25, 0.3) is 0 Å². The third kappa shape index (κ3) is 4.41. The molecule has 0 radical (unpaired) electrons. The van der Waals surface area contributed by atoms with Crippen LogP contribution in [0.1, 0.15) is 17.5 Å². The second kappa shape index (κ2) is 10.3. The first-order valence-corrected chi connectivity index (χ1v) is 13.8. The number of aryl methyl sites for hydroxylation is 1. The number of nitrogens with one attached hydrogen (secondary N) is 2. The zero-order valence-corrected chi connectivity index (χ0v) is 23.2. The Labute approximate surface area is 242 Å². The summed E-state index contributed by atoms with van der Waals surface area (Å²) in [7, 11) is 3.48. The van der Waals surface area contributed by atoms with Crippen molar-refractivity contribution < 1.29 is 4.74 Å². The number of rotatable bonds is 6. The van der Waals surface area contributed by atoms with Gasteiger partial charge in [-0.2, -0.15) is 15.6 Å². The predicted octanol–water partition coefficient (Wildman–Crippen LogP) is 3.60. The highest BCUT2D eigenvalue weighted by Gasteiger charge is 2.47. The highest BCUT2D eigenvalue weighted by atomic mass is 16.5. The number of nitriles is 2. The Hall–Kier alpha value is -5.26. The van der Waals surface area contributed by atoms with Gasteiger partial charge in [0.05, 0.1) is 36.6 Å². The van der Waals surface area contributed by atoms with E-state index >= 15 is 0 Å². The lowest BCUT2D eigenvalue weighted by Crippen LogP contribution is -2.72. The molecule has 0 spiro atoms. The molecule has 2 saturated heterocycles. The van der Waals surface area contributed by atoms with Gasteiger partial charge in [-0.05, 0) is 36.6 Å². The first kappa shape index (κ1) is 25.7. The summed E-state index contributed by atoms with van der Waals surface area (Å²) in [5.41, 5.74) is 5.75. The molecule has 11 nitrogen and oxygen atoms in total. The van der Waals surface area contributed by atoms with E-state index in [1.807, 2.05) is 56.0 Å². The van der Waals surface area contributed by atoms with E-state index in [9.17, 15) is 10.5 Å². The molecular weight excluding hydrogens is 528 g/mol. The Morgan fingerprint density at radius 1 is 1.05 bits per heavy atom. The van der Waals surface area contributed by atoms with Crippen molar-refractivity contribution >= 4 is 16.9 Å². The number of H-pyrrole nitrogens is 1.